The maximum Gasteiger partial charge on any atom is 0.417 e. The number of hydrogen-bond donors (Lipinski definition) is 2. The molecule has 6 nitrogen and oxygen atoms in total. The highest BCUT2D eigenvalue weighted by molar-refractivity contribution is 6.01. The van der Waals surface area contributed by atoms with Crippen LogP contribution in [0, 0.1) is 12.7 Å². The summed E-state index contributed by atoms with van der Waals surface area (Å²) in [4.78, 5) is 27.3. The zero-order valence-corrected chi connectivity index (χ0v) is 25.0. The number of carbonyl (C=O) groups excluding carboxylic acids is 1. The number of carboxylic acid groups (broad SMARTS) is 1. The normalized spacial score (nSPS) is 14.7. The molecule has 1 aliphatic rings. The van der Waals surface area contributed by atoms with E-state index in [2.05, 4.69) is 10.2 Å². The van der Waals surface area contributed by atoms with E-state index in [9.17, 15) is 32.3 Å². The summed E-state index contributed by atoms with van der Waals surface area (Å²) in [6, 6.07) is 15.4. The lowest BCUT2D eigenvalue weighted by atomic mass is 9.89. The van der Waals surface area contributed by atoms with Crippen molar-refractivity contribution in [1.82, 2.24) is 10.2 Å². The summed E-state index contributed by atoms with van der Waals surface area (Å²) in [5.41, 5.74) is 0.455. The first kappa shape index (κ1) is 32.0. The third-order valence-corrected chi connectivity index (χ3v) is 8.30. The molecule has 1 amide bonds. The number of hydrogen-bond acceptors (Lipinski definition) is 4. The number of piperidine rings is 1. The molecule has 4 aromatic rings. The molecule has 0 spiro atoms. The van der Waals surface area contributed by atoms with Crippen molar-refractivity contribution in [1.29, 1.82) is 0 Å². The van der Waals surface area contributed by atoms with E-state index in [1.807, 2.05) is 0 Å². The van der Waals surface area contributed by atoms with Gasteiger partial charge >= 0.3 is 12.1 Å². The van der Waals surface area contributed by atoms with E-state index in [1.54, 1.807) is 55.5 Å². The fourth-order valence-corrected chi connectivity index (χ4v) is 6.14. The third-order valence-electron chi connectivity index (χ3n) is 8.30. The molecule has 4 aromatic carbocycles. The number of alkyl halides is 3. The molecular weight excluding hydrogens is 588 g/mol. The molecule has 1 atom stereocenters. The molecule has 2 N–H and O–H groups in total. The minimum absolute atomic E-state index is 0.0886. The number of ether oxygens (including phenoxy) is 1. The van der Waals surface area contributed by atoms with Crippen LogP contribution in [-0.4, -0.2) is 48.1 Å². The molecule has 1 aliphatic heterocycles. The minimum Gasteiger partial charge on any atom is -0.496 e. The maximum atomic E-state index is 14.7. The Balaban J connectivity index is 1.55. The van der Waals surface area contributed by atoms with Crippen LogP contribution in [0.1, 0.15) is 51.9 Å². The number of methoxy groups -OCH3 is 1. The van der Waals surface area contributed by atoms with Crippen molar-refractivity contribution in [3.63, 3.8) is 0 Å². The number of carbonyl (C=O) groups is 2. The van der Waals surface area contributed by atoms with E-state index in [1.165, 1.54) is 19.2 Å². The Morgan fingerprint density at radius 2 is 1.67 bits per heavy atom. The van der Waals surface area contributed by atoms with Gasteiger partial charge < -0.3 is 15.2 Å². The number of halogens is 4. The van der Waals surface area contributed by atoms with E-state index < -0.39 is 35.5 Å². The maximum absolute atomic E-state index is 14.7. The van der Waals surface area contributed by atoms with Gasteiger partial charge in [0.15, 0.2) is 0 Å². The average Bonchev–Trinajstić information content (AvgIpc) is 3.00. The van der Waals surface area contributed by atoms with Crippen molar-refractivity contribution in [2.45, 2.75) is 51.4 Å². The summed E-state index contributed by atoms with van der Waals surface area (Å²) in [6.45, 7) is 3.59. The van der Waals surface area contributed by atoms with E-state index in [4.69, 9.17) is 4.74 Å². The summed E-state index contributed by atoms with van der Waals surface area (Å²) in [6.07, 6.45) is -1.73. The standard InChI is InChI=1S/C35H34F4N2O4/c1-21-9-6-14-28(36)31(21)33(42)40-29(34(43)44)19-23-10-7-12-25-24(23)11-8-13-26(25)32-27(35(37,38)39)17-22(18-30(32)45-2)20-41-15-4-3-5-16-41/h6-14,17-18,29H,3-5,15-16,19-20H2,1-2H3,(H,40,42)(H,43,44)/t29-/m0/s1. The number of benzene rings is 4. The first-order valence-electron chi connectivity index (χ1n) is 14.8. The van der Waals surface area contributed by atoms with Crippen molar-refractivity contribution in [3.8, 4) is 16.9 Å². The molecule has 1 saturated heterocycles. The summed E-state index contributed by atoms with van der Waals surface area (Å²) >= 11 is 0. The molecule has 0 unspecified atom stereocenters. The van der Waals surface area contributed by atoms with Crippen LogP contribution in [0.5, 0.6) is 5.75 Å². The van der Waals surface area contributed by atoms with Crippen molar-refractivity contribution in [3.05, 3.63) is 100 Å². The van der Waals surface area contributed by atoms with Gasteiger partial charge in [0, 0.05) is 18.5 Å². The second-order valence-corrected chi connectivity index (χ2v) is 11.4. The van der Waals surface area contributed by atoms with E-state index in [0.29, 0.717) is 34.0 Å². The summed E-state index contributed by atoms with van der Waals surface area (Å²) in [5, 5.41) is 13.3. The minimum atomic E-state index is -4.68. The van der Waals surface area contributed by atoms with Crippen molar-refractivity contribution >= 4 is 22.6 Å². The average molecular weight is 623 g/mol. The zero-order chi connectivity index (χ0) is 32.3. The second kappa shape index (κ2) is 13.3. The highest BCUT2D eigenvalue weighted by atomic mass is 19.4. The van der Waals surface area contributed by atoms with Gasteiger partial charge in [-0.1, -0.05) is 55.0 Å². The summed E-state index contributed by atoms with van der Waals surface area (Å²) in [5.74, 6) is -2.90. The number of amides is 1. The van der Waals surface area contributed by atoms with Crippen molar-refractivity contribution < 1.29 is 37.0 Å². The van der Waals surface area contributed by atoms with Gasteiger partial charge in [0.1, 0.15) is 17.6 Å². The lowest BCUT2D eigenvalue weighted by Crippen LogP contribution is -2.42. The third kappa shape index (κ3) is 6.96. The van der Waals surface area contributed by atoms with Gasteiger partial charge in [0.05, 0.1) is 18.2 Å². The SMILES string of the molecule is COc1cc(CN2CCCCC2)cc(C(F)(F)F)c1-c1cccc2c(C[C@H](NC(=O)c3c(C)cccc3F)C(=O)O)cccc12. The first-order chi connectivity index (χ1) is 21.5. The predicted molar refractivity (Wildman–Crippen MR) is 164 cm³/mol. The van der Waals surface area contributed by atoms with Crippen LogP contribution in [0.3, 0.4) is 0 Å². The molecular formula is C35H34F4N2O4. The lowest BCUT2D eigenvalue weighted by Gasteiger charge is -2.27. The number of likely N-dealkylation sites (tertiary alicyclic amines) is 1. The molecule has 0 radical (unpaired) electrons. The number of aryl methyl sites for hydroxylation is 1. The van der Waals surface area contributed by atoms with Gasteiger partial charge in [0.25, 0.3) is 5.91 Å². The Labute approximate surface area is 258 Å². The fraction of sp³-hybridized carbons (Fsp3) is 0.314. The zero-order valence-electron chi connectivity index (χ0n) is 25.0. The van der Waals surface area contributed by atoms with Crippen LogP contribution in [-0.2, 0) is 23.9 Å². The molecule has 5 rings (SSSR count). The smallest absolute Gasteiger partial charge is 0.417 e. The number of nitrogens with one attached hydrogen (secondary N) is 1. The topological polar surface area (TPSA) is 78.9 Å². The Hall–Kier alpha value is -4.44. The second-order valence-electron chi connectivity index (χ2n) is 11.4. The first-order valence-corrected chi connectivity index (χ1v) is 14.8. The van der Waals surface area contributed by atoms with Crippen LogP contribution in [0.2, 0.25) is 0 Å². The number of carboxylic acids is 1. The lowest BCUT2D eigenvalue weighted by molar-refractivity contribution is -0.139. The van der Waals surface area contributed by atoms with Crippen LogP contribution in [0.4, 0.5) is 17.6 Å². The monoisotopic (exact) mass is 622 g/mol. The Morgan fingerprint density at radius 3 is 2.33 bits per heavy atom. The molecule has 45 heavy (non-hydrogen) atoms. The Bertz CT molecular complexity index is 1710. The molecule has 0 saturated carbocycles. The number of fused-ring (bicyclic) bond motifs is 1. The van der Waals surface area contributed by atoms with E-state index in [0.717, 1.165) is 38.4 Å². The van der Waals surface area contributed by atoms with E-state index in [-0.39, 0.29) is 28.9 Å². The molecule has 1 heterocycles. The Morgan fingerprint density at radius 1 is 0.978 bits per heavy atom. The highest BCUT2D eigenvalue weighted by Gasteiger charge is 2.36. The van der Waals surface area contributed by atoms with Crippen LogP contribution >= 0.6 is 0 Å². The van der Waals surface area contributed by atoms with Gasteiger partial charge in [-0.3, -0.25) is 9.69 Å². The summed E-state index contributed by atoms with van der Waals surface area (Å²) < 4.78 is 64.0. The fourth-order valence-electron chi connectivity index (χ4n) is 6.14. The molecule has 0 bridgehead atoms. The largest absolute Gasteiger partial charge is 0.496 e. The van der Waals surface area contributed by atoms with Gasteiger partial charge in [-0.25, -0.2) is 9.18 Å². The van der Waals surface area contributed by atoms with Gasteiger partial charge in [-0.05, 0) is 84.1 Å². The van der Waals surface area contributed by atoms with Gasteiger partial charge in [0.2, 0.25) is 0 Å². The summed E-state index contributed by atoms with van der Waals surface area (Å²) in [7, 11) is 1.34. The number of rotatable bonds is 9. The van der Waals surface area contributed by atoms with E-state index >= 15 is 0 Å². The van der Waals surface area contributed by atoms with Crippen LogP contribution < -0.4 is 10.1 Å². The molecule has 0 aliphatic carbocycles. The molecule has 10 heteroatoms. The van der Waals surface area contributed by atoms with Crippen LogP contribution in [0.25, 0.3) is 21.9 Å². The van der Waals surface area contributed by atoms with Gasteiger partial charge in [-0.2, -0.15) is 13.2 Å². The number of aliphatic carboxylic acids is 1. The Kier molecular flexibility index (Phi) is 9.43. The highest BCUT2D eigenvalue weighted by Crippen LogP contribution is 2.45. The number of nitrogens with zero attached hydrogens (tertiary/aromatic N) is 1. The van der Waals surface area contributed by atoms with Crippen molar-refractivity contribution in [2.75, 3.05) is 20.2 Å². The molecule has 0 aromatic heterocycles. The molecule has 1 fully saturated rings. The van der Waals surface area contributed by atoms with Crippen molar-refractivity contribution in [2.24, 2.45) is 0 Å². The van der Waals surface area contributed by atoms with Gasteiger partial charge in [-0.15, -0.1) is 0 Å². The quantitative estimate of drug-likeness (QED) is 0.190. The molecule has 236 valence electrons. The predicted octanol–water partition coefficient (Wildman–Crippen LogP) is 7.39. The van der Waals surface area contributed by atoms with Crippen LogP contribution in [0.15, 0.2) is 66.7 Å².